The second-order valence-electron chi connectivity index (χ2n) is 8.38. The molecule has 188 valence electrons. The van der Waals surface area contributed by atoms with Crippen molar-refractivity contribution >= 4 is 17.4 Å². The van der Waals surface area contributed by atoms with Crippen molar-refractivity contribution in [1.29, 1.82) is 0 Å². The summed E-state index contributed by atoms with van der Waals surface area (Å²) < 4.78 is 11.1. The van der Waals surface area contributed by atoms with Gasteiger partial charge in [0, 0.05) is 13.1 Å². The predicted molar refractivity (Wildman–Crippen MR) is 134 cm³/mol. The number of ketones is 1. The summed E-state index contributed by atoms with van der Waals surface area (Å²) >= 11 is 0. The second kappa shape index (κ2) is 11.3. The molecule has 2 aromatic rings. The molecule has 1 aliphatic rings. The van der Waals surface area contributed by atoms with E-state index in [2.05, 4.69) is 4.90 Å². The molecule has 1 fully saturated rings. The molecule has 1 saturated heterocycles. The molecule has 1 amide bonds. The topological polar surface area (TPSA) is 99.5 Å². The van der Waals surface area contributed by atoms with E-state index in [1.54, 1.807) is 30.3 Å². The Balaban J connectivity index is 2.19. The molecule has 0 saturated carbocycles. The highest BCUT2D eigenvalue weighted by molar-refractivity contribution is 6.46. The van der Waals surface area contributed by atoms with Crippen molar-refractivity contribution in [2.45, 2.75) is 33.7 Å². The number of aryl methyl sites for hydroxylation is 1. The Morgan fingerprint density at radius 1 is 1.06 bits per heavy atom. The van der Waals surface area contributed by atoms with E-state index >= 15 is 0 Å². The molecular weight excluding hydrogens is 448 g/mol. The molecule has 0 spiro atoms. The minimum absolute atomic E-state index is 0.0679. The molecule has 1 atom stereocenters. The van der Waals surface area contributed by atoms with Gasteiger partial charge in [-0.25, -0.2) is 0 Å². The number of aliphatic hydroxyl groups excluding tert-OH is 1. The van der Waals surface area contributed by atoms with Crippen LogP contribution < -0.4 is 9.47 Å². The van der Waals surface area contributed by atoms with Gasteiger partial charge in [-0.05, 0) is 56.8 Å². The number of aromatic hydroxyl groups is 1. The molecule has 8 nitrogen and oxygen atoms in total. The lowest BCUT2D eigenvalue weighted by Crippen LogP contribution is -2.38. The van der Waals surface area contributed by atoms with E-state index < -0.39 is 23.5 Å². The number of carbonyl (C=O) groups is 2. The van der Waals surface area contributed by atoms with E-state index in [9.17, 15) is 19.8 Å². The van der Waals surface area contributed by atoms with E-state index in [1.165, 1.54) is 18.1 Å². The summed E-state index contributed by atoms with van der Waals surface area (Å²) in [7, 11) is 1.52. The first-order valence-electron chi connectivity index (χ1n) is 11.9. The summed E-state index contributed by atoms with van der Waals surface area (Å²) in [6, 6.07) is 9.10. The fraction of sp³-hybridized carbons (Fsp3) is 0.407. The number of hydrogen-bond acceptors (Lipinski definition) is 7. The van der Waals surface area contributed by atoms with Crippen LogP contribution in [0.5, 0.6) is 17.2 Å². The zero-order valence-corrected chi connectivity index (χ0v) is 21.0. The number of phenols is 1. The number of methoxy groups -OCH3 is 1. The number of rotatable bonds is 10. The standard InChI is InChI=1S/C27H34N2O6/c1-6-28(7-2)13-14-29-24(18-10-12-21(35-8-3)22(16-18)34-5)23(26(32)27(29)33)25(31)19-15-17(4)9-11-20(19)30/h9-12,15-16,24,30-31H,6-8,13-14H2,1-5H3/t24-/m1/s1. The Labute approximate surface area is 206 Å². The lowest BCUT2D eigenvalue weighted by Gasteiger charge is -2.28. The summed E-state index contributed by atoms with van der Waals surface area (Å²) in [5.41, 5.74) is 1.42. The summed E-state index contributed by atoms with van der Waals surface area (Å²) in [6.07, 6.45) is 0. The average Bonchev–Trinajstić information content (AvgIpc) is 3.11. The summed E-state index contributed by atoms with van der Waals surface area (Å²) in [5, 5.41) is 21.7. The second-order valence-corrected chi connectivity index (χ2v) is 8.38. The summed E-state index contributed by atoms with van der Waals surface area (Å²) in [5.74, 6) is -1.07. The number of Topliss-reactive ketones (excluding diaryl/α,β-unsaturated/α-hetero) is 1. The number of likely N-dealkylation sites (N-methyl/N-ethyl adjacent to an activating group) is 1. The van der Waals surface area contributed by atoms with Crippen LogP contribution >= 0.6 is 0 Å². The first-order chi connectivity index (χ1) is 16.8. The van der Waals surface area contributed by atoms with Gasteiger partial charge in [-0.1, -0.05) is 31.5 Å². The molecule has 2 N–H and O–H groups in total. The van der Waals surface area contributed by atoms with Crippen molar-refractivity contribution < 1.29 is 29.3 Å². The van der Waals surface area contributed by atoms with Crippen LogP contribution in [0.4, 0.5) is 0 Å². The molecule has 3 rings (SSSR count). The number of phenolic OH excluding ortho intramolecular Hbond substituents is 1. The van der Waals surface area contributed by atoms with Crippen LogP contribution in [0, 0.1) is 6.92 Å². The van der Waals surface area contributed by atoms with E-state index in [-0.39, 0.29) is 16.9 Å². The molecule has 0 aromatic heterocycles. The number of hydrogen-bond donors (Lipinski definition) is 2. The Kier molecular flexibility index (Phi) is 8.40. The van der Waals surface area contributed by atoms with Crippen LogP contribution in [0.1, 0.15) is 43.5 Å². The molecule has 1 heterocycles. The maximum absolute atomic E-state index is 13.3. The maximum Gasteiger partial charge on any atom is 0.295 e. The summed E-state index contributed by atoms with van der Waals surface area (Å²) in [6.45, 7) is 10.7. The van der Waals surface area contributed by atoms with Crippen molar-refractivity contribution in [3.8, 4) is 17.2 Å². The fourth-order valence-corrected chi connectivity index (χ4v) is 4.36. The van der Waals surface area contributed by atoms with Crippen LogP contribution in [0.2, 0.25) is 0 Å². The Hall–Kier alpha value is -3.52. The first kappa shape index (κ1) is 26.1. The number of carbonyl (C=O) groups excluding carboxylic acids is 2. The Morgan fingerprint density at radius 3 is 2.40 bits per heavy atom. The third-order valence-electron chi connectivity index (χ3n) is 6.30. The number of ether oxygens (including phenoxy) is 2. The van der Waals surface area contributed by atoms with E-state index in [4.69, 9.17) is 9.47 Å². The molecular formula is C27H34N2O6. The highest BCUT2D eigenvalue weighted by Gasteiger charge is 2.46. The number of aliphatic hydroxyl groups is 1. The quantitative estimate of drug-likeness (QED) is 0.301. The molecule has 8 heteroatoms. The van der Waals surface area contributed by atoms with E-state index in [1.807, 2.05) is 27.7 Å². The number of likely N-dealkylation sites (tertiary alicyclic amines) is 1. The molecule has 0 aliphatic carbocycles. The van der Waals surface area contributed by atoms with Gasteiger partial charge in [0.15, 0.2) is 11.5 Å². The van der Waals surface area contributed by atoms with Crippen molar-refractivity contribution in [1.82, 2.24) is 9.80 Å². The minimum Gasteiger partial charge on any atom is -0.507 e. The number of benzene rings is 2. The smallest absolute Gasteiger partial charge is 0.295 e. The van der Waals surface area contributed by atoms with Crippen molar-refractivity contribution in [3.05, 3.63) is 58.7 Å². The van der Waals surface area contributed by atoms with Gasteiger partial charge >= 0.3 is 0 Å². The predicted octanol–water partition coefficient (Wildman–Crippen LogP) is 3.87. The van der Waals surface area contributed by atoms with Gasteiger partial charge in [0.1, 0.15) is 11.5 Å². The van der Waals surface area contributed by atoms with Gasteiger partial charge in [-0.15, -0.1) is 0 Å². The number of amides is 1. The largest absolute Gasteiger partial charge is 0.507 e. The lowest BCUT2D eigenvalue weighted by molar-refractivity contribution is -0.140. The third kappa shape index (κ3) is 5.27. The van der Waals surface area contributed by atoms with Gasteiger partial charge in [0.25, 0.3) is 11.7 Å². The van der Waals surface area contributed by atoms with Gasteiger partial charge < -0.3 is 29.5 Å². The molecule has 0 radical (unpaired) electrons. The lowest BCUT2D eigenvalue weighted by atomic mass is 9.94. The molecule has 1 aliphatic heterocycles. The van der Waals surface area contributed by atoms with Crippen molar-refractivity contribution in [2.75, 3.05) is 39.9 Å². The van der Waals surface area contributed by atoms with Gasteiger partial charge in [0.2, 0.25) is 0 Å². The number of nitrogens with zero attached hydrogens (tertiary/aromatic N) is 2. The minimum atomic E-state index is -0.852. The van der Waals surface area contributed by atoms with Gasteiger partial charge in [0.05, 0.1) is 30.9 Å². The third-order valence-corrected chi connectivity index (χ3v) is 6.30. The highest BCUT2D eigenvalue weighted by atomic mass is 16.5. The van der Waals surface area contributed by atoms with Crippen LogP contribution in [-0.4, -0.2) is 71.6 Å². The average molecular weight is 483 g/mol. The Bertz CT molecular complexity index is 1120. The SMILES string of the molecule is CCOc1ccc([C@@H]2C(=C(O)c3cc(C)ccc3O)C(=O)C(=O)N2CCN(CC)CC)cc1OC. The molecule has 0 unspecified atom stereocenters. The zero-order valence-electron chi connectivity index (χ0n) is 21.0. The zero-order chi connectivity index (χ0) is 25.7. The summed E-state index contributed by atoms with van der Waals surface area (Å²) in [4.78, 5) is 30.1. The molecule has 35 heavy (non-hydrogen) atoms. The van der Waals surface area contributed by atoms with Crippen LogP contribution in [-0.2, 0) is 9.59 Å². The van der Waals surface area contributed by atoms with Gasteiger partial charge in [-0.3, -0.25) is 9.59 Å². The molecule has 2 aromatic carbocycles. The Morgan fingerprint density at radius 2 is 1.77 bits per heavy atom. The molecule has 0 bridgehead atoms. The van der Waals surface area contributed by atoms with Crippen LogP contribution in [0.25, 0.3) is 5.76 Å². The normalized spacial score (nSPS) is 17.3. The highest BCUT2D eigenvalue weighted by Crippen LogP contribution is 2.43. The van der Waals surface area contributed by atoms with E-state index in [0.29, 0.717) is 36.8 Å². The van der Waals surface area contributed by atoms with Gasteiger partial charge in [-0.2, -0.15) is 0 Å². The van der Waals surface area contributed by atoms with E-state index in [0.717, 1.165) is 18.7 Å². The monoisotopic (exact) mass is 482 g/mol. The van der Waals surface area contributed by atoms with Crippen LogP contribution in [0.3, 0.4) is 0 Å². The van der Waals surface area contributed by atoms with Crippen molar-refractivity contribution in [3.63, 3.8) is 0 Å². The van der Waals surface area contributed by atoms with Crippen molar-refractivity contribution in [2.24, 2.45) is 0 Å². The fourth-order valence-electron chi connectivity index (χ4n) is 4.36. The first-order valence-corrected chi connectivity index (χ1v) is 11.9. The van der Waals surface area contributed by atoms with Crippen LogP contribution in [0.15, 0.2) is 42.0 Å². The maximum atomic E-state index is 13.3.